The molecule has 6 aromatic rings. The van der Waals surface area contributed by atoms with E-state index in [0.29, 0.717) is 5.56 Å². The molecule has 1 N–H and O–H groups in total. The highest BCUT2D eigenvalue weighted by molar-refractivity contribution is 5.89. The minimum atomic E-state index is -1.50. The van der Waals surface area contributed by atoms with Crippen LogP contribution in [0.4, 0.5) is 0 Å². The van der Waals surface area contributed by atoms with Gasteiger partial charge in [-0.1, -0.05) is 158 Å². The Morgan fingerprint density at radius 3 is 1.32 bits per heavy atom. The van der Waals surface area contributed by atoms with Gasteiger partial charge in [-0.2, -0.15) is 0 Å². The lowest BCUT2D eigenvalue weighted by atomic mass is 9.96. The molecular weight excluding hydrogens is 841 g/mol. The van der Waals surface area contributed by atoms with Gasteiger partial charge in [0.15, 0.2) is 18.7 Å². The molecule has 2 heterocycles. The quantitative estimate of drug-likeness (QED) is 0.0784. The van der Waals surface area contributed by atoms with Crippen molar-refractivity contribution < 1.29 is 57.3 Å². The van der Waals surface area contributed by atoms with Gasteiger partial charge in [0, 0.05) is 0 Å². The molecule has 2 aliphatic heterocycles. The van der Waals surface area contributed by atoms with E-state index in [1.54, 1.807) is 61.5 Å². The molecular formula is C54H54O12. The fourth-order valence-corrected chi connectivity index (χ4v) is 7.98. The number of hydrogen-bond donors (Lipinski definition) is 1. The lowest BCUT2D eigenvalue weighted by Gasteiger charge is -2.49. The van der Waals surface area contributed by atoms with E-state index in [-0.39, 0.29) is 38.6 Å². The molecule has 0 unspecified atom stereocenters. The Kier molecular flexibility index (Phi) is 16.5. The van der Waals surface area contributed by atoms with Crippen molar-refractivity contribution in [3.8, 4) is 0 Å². The molecule has 12 nitrogen and oxygen atoms in total. The first-order valence-electron chi connectivity index (χ1n) is 22.1. The summed E-state index contributed by atoms with van der Waals surface area (Å²) in [6, 6.07) is 55.7. The largest absolute Gasteiger partial charge is 0.459 e. The van der Waals surface area contributed by atoms with Gasteiger partial charge in [0.05, 0.1) is 43.7 Å². The number of carbonyl (C=O) groups is 2. The van der Waals surface area contributed by atoms with Crippen LogP contribution in [-0.2, 0) is 69.1 Å². The molecule has 2 fully saturated rings. The van der Waals surface area contributed by atoms with E-state index in [0.717, 1.165) is 22.3 Å². The molecule has 10 atom stereocenters. The van der Waals surface area contributed by atoms with Gasteiger partial charge in [-0.05, 0) is 53.4 Å². The molecule has 2 saturated heterocycles. The summed E-state index contributed by atoms with van der Waals surface area (Å²) in [4.78, 5) is 27.4. The van der Waals surface area contributed by atoms with Crippen LogP contribution in [0.25, 0.3) is 0 Å². The highest BCUT2D eigenvalue weighted by Crippen LogP contribution is 2.36. The van der Waals surface area contributed by atoms with E-state index in [1.165, 1.54) is 0 Å². The van der Waals surface area contributed by atoms with Gasteiger partial charge in [-0.15, -0.1) is 0 Å². The maximum atomic E-state index is 13.9. The van der Waals surface area contributed by atoms with E-state index in [2.05, 4.69) is 0 Å². The first-order valence-corrected chi connectivity index (χ1v) is 22.1. The summed E-state index contributed by atoms with van der Waals surface area (Å²) in [5.74, 6) is -1.22. The first-order chi connectivity index (χ1) is 32.4. The highest BCUT2D eigenvalue weighted by atomic mass is 16.8. The Bertz CT molecular complexity index is 2360. The monoisotopic (exact) mass is 894 g/mol. The molecule has 342 valence electrons. The van der Waals surface area contributed by atoms with Crippen LogP contribution < -0.4 is 0 Å². The van der Waals surface area contributed by atoms with Crippen molar-refractivity contribution >= 4 is 11.9 Å². The van der Waals surface area contributed by atoms with Crippen LogP contribution in [0.5, 0.6) is 0 Å². The van der Waals surface area contributed by atoms with Crippen LogP contribution in [-0.4, -0.2) is 85.1 Å². The summed E-state index contributed by atoms with van der Waals surface area (Å²) in [6.07, 6.45) is -11.0. The molecule has 6 aromatic carbocycles. The predicted octanol–water partition coefficient (Wildman–Crippen LogP) is 8.26. The van der Waals surface area contributed by atoms with Gasteiger partial charge in [0.25, 0.3) is 0 Å². The summed E-state index contributed by atoms with van der Waals surface area (Å²) < 4.78 is 59.1. The van der Waals surface area contributed by atoms with Crippen LogP contribution in [0.3, 0.4) is 0 Å². The molecule has 8 rings (SSSR count). The van der Waals surface area contributed by atoms with E-state index < -0.39 is 73.4 Å². The fraction of sp³-hybridized carbons (Fsp3) is 0.296. The third kappa shape index (κ3) is 12.4. The van der Waals surface area contributed by atoms with E-state index in [4.69, 9.17) is 42.6 Å². The Morgan fingerprint density at radius 2 is 0.848 bits per heavy atom. The van der Waals surface area contributed by atoms with Gasteiger partial charge in [-0.3, -0.25) is 0 Å². The van der Waals surface area contributed by atoms with Crippen LogP contribution in [0.15, 0.2) is 182 Å². The second-order valence-corrected chi connectivity index (χ2v) is 16.1. The molecule has 66 heavy (non-hydrogen) atoms. The van der Waals surface area contributed by atoms with Crippen LogP contribution in [0.1, 0.15) is 49.9 Å². The zero-order chi connectivity index (χ0) is 45.5. The van der Waals surface area contributed by atoms with Gasteiger partial charge in [0.2, 0.25) is 0 Å². The van der Waals surface area contributed by atoms with Crippen molar-refractivity contribution in [1.29, 1.82) is 0 Å². The van der Waals surface area contributed by atoms with Crippen molar-refractivity contribution in [3.05, 3.63) is 215 Å². The molecule has 0 aliphatic carbocycles. The lowest BCUT2D eigenvalue weighted by Crippen LogP contribution is -2.65. The Hall–Kier alpha value is -6.06. The molecule has 0 aromatic heterocycles. The van der Waals surface area contributed by atoms with Crippen molar-refractivity contribution in [2.45, 2.75) is 94.8 Å². The number of ether oxygens (including phenoxy) is 9. The van der Waals surface area contributed by atoms with Gasteiger partial charge >= 0.3 is 11.9 Å². The first kappa shape index (κ1) is 46.5. The third-order valence-electron chi connectivity index (χ3n) is 11.4. The van der Waals surface area contributed by atoms with Gasteiger partial charge in [0.1, 0.15) is 43.2 Å². The van der Waals surface area contributed by atoms with Crippen LogP contribution >= 0.6 is 0 Å². The predicted molar refractivity (Wildman–Crippen MR) is 243 cm³/mol. The maximum Gasteiger partial charge on any atom is 0.338 e. The molecule has 2 aliphatic rings. The number of hydrogen-bond acceptors (Lipinski definition) is 12. The van der Waals surface area contributed by atoms with E-state index >= 15 is 0 Å². The number of aliphatic hydroxyl groups excluding tert-OH is 1. The Balaban J connectivity index is 1.17. The van der Waals surface area contributed by atoms with Gasteiger partial charge in [-0.25, -0.2) is 9.59 Å². The highest BCUT2D eigenvalue weighted by Gasteiger charge is 2.54. The van der Waals surface area contributed by atoms with E-state index in [1.807, 2.05) is 127 Å². The molecule has 0 bridgehead atoms. The maximum absolute atomic E-state index is 13.9. The van der Waals surface area contributed by atoms with Crippen molar-refractivity contribution in [2.75, 3.05) is 6.61 Å². The lowest BCUT2D eigenvalue weighted by molar-refractivity contribution is -0.365. The van der Waals surface area contributed by atoms with Crippen molar-refractivity contribution in [1.82, 2.24) is 0 Å². The summed E-state index contributed by atoms with van der Waals surface area (Å²) in [5, 5.41) is 11.5. The molecule has 0 saturated carbocycles. The smallest absolute Gasteiger partial charge is 0.338 e. The average Bonchev–Trinajstić information content (AvgIpc) is 3.36. The second kappa shape index (κ2) is 23.4. The summed E-state index contributed by atoms with van der Waals surface area (Å²) >= 11 is 0. The Labute approximate surface area is 384 Å². The number of rotatable bonds is 19. The minimum absolute atomic E-state index is 0.0693. The SMILES string of the molecule is C[C@@H]1O[C@@H](O)[C@H](OCc2ccccc2)[C@H](OC(=O)c2ccccc2)[C@H]1O[C@@H]1O[C@H](COC(=O)c2ccccc2)[C@@H](OCc2ccccc2)[C@H](OCc2ccccc2)[C@@H]1OCc1ccccc1. The van der Waals surface area contributed by atoms with Crippen LogP contribution in [0.2, 0.25) is 0 Å². The fourth-order valence-electron chi connectivity index (χ4n) is 7.98. The number of carbonyl (C=O) groups excluding carboxylic acids is 2. The summed E-state index contributed by atoms with van der Waals surface area (Å²) in [7, 11) is 0. The average molecular weight is 895 g/mol. The number of esters is 2. The summed E-state index contributed by atoms with van der Waals surface area (Å²) in [6.45, 7) is 1.98. The molecule has 0 spiro atoms. The van der Waals surface area contributed by atoms with Crippen LogP contribution in [0, 0.1) is 0 Å². The van der Waals surface area contributed by atoms with E-state index in [9.17, 15) is 14.7 Å². The topological polar surface area (TPSA) is 137 Å². The third-order valence-corrected chi connectivity index (χ3v) is 11.4. The Morgan fingerprint density at radius 1 is 0.455 bits per heavy atom. The zero-order valence-corrected chi connectivity index (χ0v) is 36.6. The van der Waals surface area contributed by atoms with Crippen molar-refractivity contribution in [2.24, 2.45) is 0 Å². The number of benzene rings is 6. The van der Waals surface area contributed by atoms with Crippen molar-refractivity contribution in [3.63, 3.8) is 0 Å². The standard InChI is InChI=1S/C54H54O12/c1-37-45(48(65-52(56)43-30-18-7-19-31-43)49(53(57)63-37)60-34-40-24-12-4-13-25-40)66-54-50(61-35-41-26-14-5-15-27-41)47(59-33-39-22-10-3-11-23-39)46(58-32-38-20-8-2-9-21-38)44(64-54)36-62-51(55)42-28-16-6-17-29-42/h2-31,37,44-50,53-54,57H,32-36H2,1H3/t37-,44+,45-,46+,47-,48+,49+,50-,53+,54-/m0/s1. The molecule has 0 amide bonds. The minimum Gasteiger partial charge on any atom is -0.459 e. The second-order valence-electron chi connectivity index (χ2n) is 16.1. The molecule has 0 radical (unpaired) electrons. The number of aliphatic hydroxyl groups is 1. The molecule has 12 heteroatoms. The zero-order valence-electron chi connectivity index (χ0n) is 36.6. The van der Waals surface area contributed by atoms with Gasteiger partial charge < -0.3 is 47.7 Å². The normalized spacial score (nSPS) is 25.1. The summed E-state index contributed by atoms with van der Waals surface area (Å²) in [5.41, 5.74) is 4.15.